The highest BCUT2D eigenvalue weighted by molar-refractivity contribution is 7.15. The van der Waals surface area contributed by atoms with E-state index in [1.165, 1.54) is 16.0 Å². The van der Waals surface area contributed by atoms with Gasteiger partial charge in [-0.25, -0.2) is 4.98 Å². The first-order chi connectivity index (χ1) is 8.60. The molecule has 0 unspecified atom stereocenters. The number of anilines is 1. The van der Waals surface area contributed by atoms with Crippen molar-refractivity contribution < 1.29 is 0 Å². The first-order valence-corrected chi connectivity index (χ1v) is 7.24. The van der Waals surface area contributed by atoms with Gasteiger partial charge in [0.05, 0.1) is 5.69 Å². The lowest BCUT2D eigenvalue weighted by Gasteiger charge is -2.06. The molecule has 0 spiro atoms. The molecule has 1 heterocycles. The van der Waals surface area contributed by atoms with Crippen LogP contribution >= 0.6 is 11.3 Å². The fourth-order valence-electron chi connectivity index (χ4n) is 2.02. The molecule has 1 aromatic carbocycles. The molecule has 96 valence electrons. The standard InChI is InChI=1S/C15H20N2S/c1-4-13-14(18-15(16)17-13)9-11-5-7-12(8-6-11)10(2)3/h5-8,10H,4,9H2,1-3H3,(H2,16,17). The highest BCUT2D eigenvalue weighted by Crippen LogP contribution is 2.24. The van der Waals surface area contributed by atoms with Crippen LogP contribution in [0.4, 0.5) is 5.13 Å². The van der Waals surface area contributed by atoms with Gasteiger partial charge in [-0.15, -0.1) is 11.3 Å². The maximum absolute atomic E-state index is 5.78. The van der Waals surface area contributed by atoms with Gasteiger partial charge in [-0.2, -0.15) is 0 Å². The predicted octanol–water partition coefficient (Wildman–Crippen LogP) is 4.00. The summed E-state index contributed by atoms with van der Waals surface area (Å²) >= 11 is 1.61. The van der Waals surface area contributed by atoms with Gasteiger partial charge in [-0.3, -0.25) is 0 Å². The van der Waals surface area contributed by atoms with Crippen molar-refractivity contribution in [2.24, 2.45) is 0 Å². The van der Waals surface area contributed by atoms with E-state index in [0.29, 0.717) is 11.0 Å². The fraction of sp³-hybridized carbons (Fsp3) is 0.400. The molecule has 2 nitrogen and oxygen atoms in total. The van der Waals surface area contributed by atoms with Gasteiger partial charge in [0.15, 0.2) is 5.13 Å². The van der Waals surface area contributed by atoms with Gasteiger partial charge in [0, 0.05) is 11.3 Å². The molecule has 2 N–H and O–H groups in total. The summed E-state index contributed by atoms with van der Waals surface area (Å²) in [6, 6.07) is 8.86. The van der Waals surface area contributed by atoms with E-state index in [-0.39, 0.29) is 0 Å². The van der Waals surface area contributed by atoms with Crippen molar-refractivity contribution in [3.8, 4) is 0 Å². The Labute approximate surface area is 113 Å². The molecule has 0 amide bonds. The molecular weight excluding hydrogens is 240 g/mol. The van der Waals surface area contributed by atoms with Crippen molar-refractivity contribution in [3.63, 3.8) is 0 Å². The van der Waals surface area contributed by atoms with Crippen LogP contribution in [0.15, 0.2) is 24.3 Å². The van der Waals surface area contributed by atoms with Gasteiger partial charge in [0.25, 0.3) is 0 Å². The highest BCUT2D eigenvalue weighted by atomic mass is 32.1. The highest BCUT2D eigenvalue weighted by Gasteiger charge is 2.08. The number of nitrogens with two attached hydrogens (primary N) is 1. The quantitative estimate of drug-likeness (QED) is 0.902. The summed E-state index contributed by atoms with van der Waals surface area (Å²) in [4.78, 5) is 5.67. The van der Waals surface area contributed by atoms with E-state index in [4.69, 9.17) is 5.73 Å². The normalized spacial score (nSPS) is 11.1. The van der Waals surface area contributed by atoms with Gasteiger partial charge in [0.1, 0.15) is 0 Å². The summed E-state index contributed by atoms with van der Waals surface area (Å²) < 4.78 is 0. The molecule has 0 aliphatic carbocycles. The number of nitrogen functional groups attached to an aromatic ring is 1. The third-order valence-corrected chi connectivity index (χ3v) is 4.07. The van der Waals surface area contributed by atoms with E-state index < -0.39 is 0 Å². The van der Waals surface area contributed by atoms with Crippen LogP contribution in [0, 0.1) is 0 Å². The predicted molar refractivity (Wildman–Crippen MR) is 79.2 cm³/mol. The molecule has 2 rings (SSSR count). The van der Waals surface area contributed by atoms with E-state index >= 15 is 0 Å². The van der Waals surface area contributed by atoms with Crippen LogP contribution < -0.4 is 5.73 Å². The molecular formula is C15H20N2S. The minimum absolute atomic E-state index is 0.587. The Morgan fingerprint density at radius 1 is 1.22 bits per heavy atom. The number of benzene rings is 1. The zero-order valence-electron chi connectivity index (χ0n) is 11.2. The topological polar surface area (TPSA) is 38.9 Å². The Balaban J connectivity index is 2.18. The summed E-state index contributed by atoms with van der Waals surface area (Å²) in [6.45, 7) is 6.56. The van der Waals surface area contributed by atoms with Gasteiger partial charge in [-0.05, 0) is 23.5 Å². The average Bonchev–Trinajstić information content (AvgIpc) is 2.70. The van der Waals surface area contributed by atoms with E-state index in [9.17, 15) is 0 Å². The lowest BCUT2D eigenvalue weighted by molar-refractivity contribution is 0.865. The van der Waals surface area contributed by atoms with Crippen LogP contribution in [0.25, 0.3) is 0 Å². The minimum Gasteiger partial charge on any atom is -0.375 e. The molecule has 1 aromatic heterocycles. The SMILES string of the molecule is CCc1nc(N)sc1Cc1ccc(C(C)C)cc1. The zero-order valence-corrected chi connectivity index (χ0v) is 12.1. The summed E-state index contributed by atoms with van der Waals surface area (Å²) in [5, 5.41) is 0.681. The first-order valence-electron chi connectivity index (χ1n) is 6.43. The second kappa shape index (κ2) is 5.53. The smallest absolute Gasteiger partial charge is 0.180 e. The van der Waals surface area contributed by atoms with Crippen molar-refractivity contribution in [1.29, 1.82) is 0 Å². The molecule has 2 aromatic rings. The average molecular weight is 260 g/mol. The van der Waals surface area contributed by atoms with Gasteiger partial charge in [-0.1, -0.05) is 45.0 Å². The lowest BCUT2D eigenvalue weighted by atomic mass is 10.0. The molecule has 0 radical (unpaired) electrons. The molecule has 0 aliphatic heterocycles. The van der Waals surface area contributed by atoms with Crippen LogP contribution in [0.2, 0.25) is 0 Å². The third kappa shape index (κ3) is 2.91. The van der Waals surface area contributed by atoms with Gasteiger partial charge < -0.3 is 5.73 Å². The summed E-state index contributed by atoms with van der Waals surface area (Å²) in [6.07, 6.45) is 1.89. The second-order valence-electron chi connectivity index (χ2n) is 4.85. The van der Waals surface area contributed by atoms with E-state index in [1.807, 2.05) is 0 Å². The van der Waals surface area contributed by atoms with E-state index in [1.54, 1.807) is 11.3 Å². The van der Waals surface area contributed by atoms with Crippen molar-refractivity contribution >= 4 is 16.5 Å². The van der Waals surface area contributed by atoms with Crippen LogP contribution in [0.5, 0.6) is 0 Å². The van der Waals surface area contributed by atoms with Crippen LogP contribution in [-0.2, 0) is 12.8 Å². The van der Waals surface area contributed by atoms with Crippen molar-refractivity contribution in [1.82, 2.24) is 4.98 Å². The molecule has 3 heteroatoms. The number of hydrogen-bond donors (Lipinski definition) is 1. The first kappa shape index (κ1) is 13.1. The molecule has 0 saturated heterocycles. The number of rotatable bonds is 4. The largest absolute Gasteiger partial charge is 0.375 e. The van der Waals surface area contributed by atoms with Crippen molar-refractivity contribution in [2.75, 3.05) is 5.73 Å². The number of nitrogens with zero attached hydrogens (tertiary/aromatic N) is 1. The maximum atomic E-state index is 5.78. The Hall–Kier alpha value is -1.35. The van der Waals surface area contributed by atoms with Crippen LogP contribution in [0.1, 0.15) is 48.4 Å². The van der Waals surface area contributed by atoms with Gasteiger partial charge in [0.2, 0.25) is 0 Å². The van der Waals surface area contributed by atoms with Crippen LogP contribution in [0.3, 0.4) is 0 Å². The third-order valence-electron chi connectivity index (χ3n) is 3.14. The number of hydrogen-bond acceptors (Lipinski definition) is 3. The fourth-order valence-corrected chi connectivity index (χ4v) is 2.98. The molecule has 0 bridgehead atoms. The second-order valence-corrected chi connectivity index (χ2v) is 5.96. The Morgan fingerprint density at radius 3 is 2.44 bits per heavy atom. The van der Waals surface area contributed by atoms with Crippen molar-refractivity contribution in [3.05, 3.63) is 46.0 Å². The molecule has 0 saturated carbocycles. The molecule has 0 atom stereocenters. The van der Waals surface area contributed by atoms with E-state index in [0.717, 1.165) is 18.5 Å². The Bertz CT molecular complexity index is 512. The molecule has 0 fully saturated rings. The summed E-state index contributed by atoms with van der Waals surface area (Å²) in [7, 11) is 0. The zero-order chi connectivity index (χ0) is 13.1. The minimum atomic E-state index is 0.587. The van der Waals surface area contributed by atoms with Gasteiger partial charge >= 0.3 is 0 Å². The summed E-state index contributed by atoms with van der Waals surface area (Å²) in [5.41, 5.74) is 9.64. The van der Waals surface area contributed by atoms with E-state index in [2.05, 4.69) is 50.0 Å². The molecule has 18 heavy (non-hydrogen) atoms. The van der Waals surface area contributed by atoms with Crippen LogP contribution in [-0.4, -0.2) is 4.98 Å². The monoisotopic (exact) mass is 260 g/mol. The Kier molecular flexibility index (Phi) is 4.02. The maximum Gasteiger partial charge on any atom is 0.180 e. The Morgan fingerprint density at radius 2 is 1.89 bits per heavy atom. The number of thiazole rings is 1. The summed E-state index contributed by atoms with van der Waals surface area (Å²) in [5.74, 6) is 0.587. The number of aryl methyl sites for hydroxylation is 1. The molecule has 0 aliphatic rings. The lowest BCUT2D eigenvalue weighted by Crippen LogP contribution is -1.93. The van der Waals surface area contributed by atoms with Crippen molar-refractivity contribution in [2.45, 2.75) is 39.5 Å². The number of aromatic nitrogens is 1.